The number of benzene rings is 2. The Hall–Kier alpha value is -1.01. The van der Waals surface area contributed by atoms with Gasteiger partial charge in [0.15, 0.2) is 6.54 Å². The van der Waals surface area contributed by atoms with Gasteiger partial charge in [0, 0.05) is 16.3 Å². The van der Waals surface area contributed by atoms with Crippen molar-refractivity contribution < 1.29 is 26.7 Å². The molecule has 1 unspecified atom stereocenters. The number of rotatable bonds is 3. The molecule has 4 rings (SSSR count). The van der Waals surface area contributed by atoms with Gasteiger partial charge in [0.1, 0.15) is 5.69 Å². The summed E-state index contributed by atoms with van der Waals surface area (Å²) in [6, 6.07) is 16.2. The van der Waals surface area contributed by atoms with Gasteiger partial charge in [-0.15, -0.1) is 0 Å². The minimum absolute atomic E-state index is 0. The molecule has 6 heteroatoms. The van der Waals surface area contributed by atoms with Gasteiger partial charge in [-0.05, 0) is 54.4 Å². The van der Waals surface area contributed by atoms with Crippen LogP contribution >= 0.6 is 23.4 Å². The third-order valence-electron chi connectivity index (χ3n) is 5.01. The molecule has 2 heterocycles. The summed E-state index contributed by atoms with van der Waals surface area (Å²) in [4.78, 5) is 2.25. The number of thioether (sulfide) groups is 1. The normalized spacial score (nSPS) is 22.2. The van der Waals surface area contributed by atoms with Crippen molar-refractivity contribution in [2.45, 2.75) is 25.5 Å². The lowest BCUT2D eigenvalue weighted by molar-refractivity contribution is -0.656. The van der Waals surface area contributed by atoms with Crippen molar-refractivity contribution in [3.63, 3.8) is 0 Å². The van der Waals surface area contributed by atoms with E-state index in [1.54, 1.807) is 0 Å². The molecule has 0 fully saturated rings. The molecule has 3 nitrogen and oxygen atoms in total. The van der Waals surface area contributed by atoms with Crippen molar-refractivity contribution in [2.24, 2.45) is 0 Å². The van der Waals surface area contributed by atoms with E-state index in [2.05, 4.69) is 40.7 Å². The Morgan fingerprint density at radius 3 is 2.50 bits per heavy atom. The summed E-state index contributed by atoms with van der Waals surface area (Å²) in [5.74, 6) is 1.09. The van der Waals surface area contributed by atoms with Crippen LogP contribution in [-0.4, -0.2) is 33.7 Å². The summed E-state index contributed by atoms with van der Waals surface area (Å²) >= 11 is 7.87. The summed E-state index contributed by atoms with van der Waals surface area (Å²) in [7, 11) is 0. The fourth-order valence-corrected chi connectivity index (χ4v) is 4.88. The smallest absolute Gasteiger partial charge is 0.316 e. The quantitative estimate of drug-likeness (QED) is 0.705. The van der Waals surface area contributed by atoms with Crippen LogP contribution in [0, 0.1) is 0 Å². The van der Waals surface area contributed by atoms with Crippen LogP contribution < -0.4 is 21.9 Å². The van der Waals surface area contributed by atoms with Gasteiger partial charge >= 0.3 is 5.17 Å². The molecule has 2 aliphatic rings. The zero-order valence-electron chi connectivity index (χ0n) is 14.7. The van der Waals surface area contributed by atoms with Crippen molar-refractivity contribution >= 4 is 34.2 Å². The van der Waals surface area contributed by atoms with Gasteiger partial charge < -0.3 is 22.1 Å². The second kappa shape index (κ2) is 7.93. The number of nitrogens with zero attached hydrogens (tertiary/aromatic N) is 2. The fraction of sp³-hybridized carbons (Fsp3) is 0.350. The summed E-state index contributed by atoms with van der Waals surface area (Å²) in [5.41, 5.74) is 2.34. The molecule has 2 aliphatic heterocycles. The highest BCUT2D eigenvalue weighted by Crippen LogP contribution is 2.37. The van der Waals surface area contributed by atoms with Gasteiger partial charge in [0.25, 0.3) is 5.72 Å². The van der Waals surface area contributed by atoms with E-state index in [0.29, 0.717) is 11.6 Å². The maximum absolute atomic E-state index is 11.6. The second-order valence-corrected chi connectivity index (χ2v) is 8.06. The van der Waals surface area contributed by atoms with E-state index in [1.165, 1.54) is 5.56 Å². The molecule has 2 aromatic carbocycles. The van der Waals surface area contributed by atoms with Crippen LogP contribution in [0.5, 0.6) is 0 Å². The van der Waals surface area contributed by atoms with Gasteiger partial charge in [-0.1, -0.05) is 42.8 Å². The Kier molecular flexibility index (Phi) is 6.02. The van der Waals surface area contributed by atoms with Gasteiger partial charge in [0.2, 0.25) is 0 Å². The van der Waals surface area contributed by atoms with E-state index in [9.17, 15) is 5.11 Å². The molecule has 0 bridgehead atoms. The number of anilines is 1. The van der Waals surface area contributed by atoms with Gasteiger partial charge in [-0.2, -0.15) is 0 Å². The molecule has 0 saturated carbocycles. The first kappa shape index (κ1) is 19.7. The van der Waals surface area contributed by atoms with Crippen molar-refractivity contribution in [3.05, 3.63) is 64.7 Å². The molecule has 138 valence electrons. The molecule has 2 aromatic rings. The van der Waals surface area contributed by atoms with E-state index in [0.717, 1.165) is 41.6 Å². The first-order valence-corrected chi connectivity index (χ1v) is 10.1. The fourth-order valence-electron chi connectivity index (χ4n) is 3.58. The standard InChI is InChI=1S/C20H22ClN2OS.BrH/c1-2-15-4-10-18(11-5-15)22-14-20(24,16-6-8-17(21)9-7-16)23-12-3-13-25-19(22)23;/h4-11,24H,2-3,12-14H2,1H3;1H/q+1;/p-1. The van der Waals surface area contributed by atoms with Gasteiger partial charge in [-0.25, -0.2) is 9.48 Å². The number of β-amino-alcohol motifs (C(OH)–C–C–N with tert-alkyl or cyclic N) is 1. The molecule has 0 aromatic heterocycles. The topological polar surface area (TPSA) is 26.5 Å². The summed E-state index contributed by atoms with van der Waals surface area (Å²) in [6.45, 7) is 3.56. The molecule has 26 heavy (non-hydrogen) atoms. The van der Waals surface area contributed by atoms with Crippen LogP contribution in [0.1, 0.15) is 24.5 Å². The second-order valence-electron chi connectivity index (χ2n) is 6.57. The van der Waals surface area contributed by atoms with E-state index < -0.39 is 5.72 Å². The third-order valence-corrected chi connectivity index (χ3v) is 6.45. The maximum atomic E-state index is 11.6. The van der Waals surface area contributed by atoms with E-state index in [1.807, 2.05) is 36.0 Å². The molecular weight excluding hydrogens is 432 g/mol. The number of amidine groups is 1. The number of hydrogen-bond donors (Lipinski definition) is 1. The van der Waals surface area contributed by atoms with Crippen LogP contribution in [0.2, 0.25) is 5.02 Å². The molecule has 0 radical (unpaired) electrons. The Bertz CT molecular complexity index is 810. The van der Waals surface area contributed by atoms with E-state index in [4.69, 9.17) is 11.6 Å². The van der Waals surface area contributed by atoms with Crippen LogP contribution in [0.4, 0.5) is 5.69 Å². The molecule has 0 amide bonds. The number of halogens is 2. The molecule has 0 saturated heterocycles. The van der Waals surface area contributed by atoms with Crippen LogP contribution in [0.15, 0.2) is 48.5 Å². The average molecular weight is 454 g/mol. The number of aliphatic hydroxyl groups is 1. The Balaban J connectivity index is 0.00000196. The SMILES string of the molecule is CCc1ccc(N2CC(O)(c3ccc(Cl)cc3)[N+]3=C2SCCC3)cc1.[Br-]. The number of aryl methyl sites for hydroxylation is 1. The van der Waals surface area contributed by atoms with Gasteiger partial charge in [-0.3, -0.25) is 0 Å². The third kappa shape index (κ3) is 3.42. The predicted molar refractivity (Wildman–Crippen MR) is 106 cm³/mol. The summed E-state index contributed by atoms with van der Waals surface area (Å²) in [5, 5.41) is 13.4. The lowest BCUT2D eigenvalue weighted by Gasteiger charge is -2.24. The lowest BCUT2D eigenvalue weighted by atomic mass is 10.0. The van der Waals surface area contributed by atoms with Crippen molar-refractivity contribution in [1.82, 2.24) is 0 Å². The number of hydrogen-bond acceptors (Lipinski definition) is 3. The predicted octanol–water partition coefficient (Wildman–Crippen LogP) is 1.08. The van der Waals surface area contributed by atoms with Crippen molar-refractivity contribution in [1.29, 1.82) is 0 Å². The van der Waals surface area contributed by atoms with Crippen LogP contribution in [0.25, 0.3) is 0 Å². The largest absolute Gasteiger partial charge is 1.00 e. The maximum Gasteiger partial charge on any atom is 0.316 e. The highest BCUT2D eigenvalue weighted by molar-refractivity contribution is 8.13. The first-order chi connectivity index (χ1) is 12.1. The first-order valence-electron chi connectivity index (χ1n) is 8.74. The highest BCUT2D eigenvalue weighted by atomic mass is 79.9. The lowest BCUT2D eigenvalue weighted by Crippen LogP contribution is -3.00. The molecule has 0 spiro atoms. The Morgan fingerprint density at radius 2 is 1.85 bits per heavy atom. The Labute approximate surface area is 174 Å². The van der Waals surface area contributed by atoms with Crippen LogP contribution in [-0.2, 0) is 12.1 Å². The highest BCUT2D eigenvalue weighted by Gasteiger charge is 2.53. The van der Waals surface area contributed by atoms with Crippen LogP contribution in [0.3, 0.4) is 0 Å². The average Bonchev–Trinajstić information content (AvgIpc) is 2.97. The molecule has 0 aliphatic carbocycles. The minimum Gasteiger partial charge on any atom is -1.00 e. The zero-order chi connectivity index (χ0) is 17.4. The van der Waals surface area contributed by atoms with Crippen molar-refractivity contribution in [2.75, 3.05) is 23.7 Å². The zero-order valence-corrected chi connectivity index (χ0v) is 17.8. The van der Waals surface area contributed by atoms with Gasteiger partial charge in [0.05, 0.1) is 6.54 Å². The molecule has 1 N–H and O–H groups in total. The van der Waals surface area contributed by atoms with E-state index >= 15 is 0 Å². The Morgan fingerprint density at radius 1 is 1.15 bits per heavy atom. The molecular formula is C20H22BrClN2OS. The minimum atomic E-state index is -1.02. The summed E-state index contributed by atoms with van der Waals surface area (Å²) in [6.07, 6.45) is 2.11. The van der Waals surface area contributed by atoms with Crippen molar-refractivity contribution in [3.8, 4) is 0 Å². The summed E-state index contributed by atoms with van der Waals surface area (Å²) < 4.78 is 2.15. The molecule has 1 atom stereocenters. The van der Waals surface area contributed by atoms with E-state index in [-0.39, 0.29) is 17.0 Å². The monoisotopic (exact) mass is 452 g/mol.